The van der Waals surface area contributed by atoms with E-state index < -0.39 is 9.85 Å². The zero-order valence-electron chi connectivity index (χ0n) is 14.9. The third kappa shape index (κ3) is 4.48. The molecule has 8 nitrogen and oxygen atoms in total. The molecule has 3 rings (SSSR count). The molecule has 28 heavy (non-hydrogen) atoms. The van der Waals surface area contributed by atoms with Gasteiger partial charge in [-0.05, 0) is 43.0 Å². The van der Waals surface area contributed by atoms with Crippen molar-refractivity contribution >= 4 is 17.1 Å². The standard InChI is InChI=1S/C19H18FN3O5/c20-14-5-3-4-13(10-14)12-28-21-18-7-2-1-6-16(18)17-9-8-15(22(24)25)11-19(17)23(26)27/h3-5,8-11,16H,1-2,6-7,12H2/b21-18-. The first-order chi connectivity index (χ1) is 13.5. The van der Waals surface area contributed by atoms with Crippen LogP contribution in [0.2, 0.25) is 0 Å². The average molecular weight is 387 g/mol. The van der Waals surface area contributed by atoms with Crippen LogP contribution in [0.15, 0.2) is 47.6 Å². The maximum absolute atomic E-state index is 13.2. The van der Waals surface area contributed by atoms with E-state index in [9.17, 15) is 24.6 Å². The van der Waals surface area contributed by atoms with Crippen molar-refractivity contribution in [1.29, 1.82) is 0 Å². The molecule has 1 atom stereocenters. The second-order valence-electron chi connectivity index (χ2n) is 6.54. The van der Waals surface area contributed by atoms with Crippen LogP contribution in [0.5, 0.6) is 0 Å². The summed E-state index contributed by atoms with van der Waals surface area (Å²) < 4.78 is 13.2. The van der Waals surface area contributed by atoms with Crippen molar-refractivity contribution in [2.45, 2.75) is 38.2 Å². The number of nitro groups is 2. The molecule has 0 spiro atoms. The Bertz CT molecular complexity index is 932. The van der Waals surface area contributed by atoms with Gasteiger partial charge in [0.05, 0.1) is 21.6 Å². The number of hydrogen-bond acceptors (Lipinski definition) is 6. The van der Waals surface area contributed by atoms with E-state index in [1.807, 2.05) is 0 Å². The second kappa shape index (κ2) is 8.55. The van der Waals surface area contributed by atoms with Crippen molar-refractivity contribution in [1.82, 2.24) is 0 Å². The lowest BCUT2D eigenvalue weighted by Crippen LogP contribution is -2.19. The summed E-state index contributed by atoms with van der Waals surface area (Å²) in [7, 11) is 0. The van der Waals surface area contributed by atoms with Gasteiger partial charge in [-0.15, -0.1) is 0 Å². The van der Waals surface area contributed by atoms with Crippen LogP contribution in [-0.2, 0) is 11.4 Å². The molecule has 2 aromatic rings. The van der Waals surface area contributed by atoms with E-state index in [4.69, 9.17) is 4.84 Å². The van der Waals surface area contributed by atoms with Gasteiger partial charge in [0.15, 0.2) is 0 Å². The SMILES string of the molecule is O=[N+]([O-])c1ccc(C2CCCC/C2=N/OCc2cccc(F)c2)c([N+](=O)[O-])c1. The number of benzene rings is 2. The van der Waals surface area contributed by atoms with Crippen molar-refractivity contribution < 1.29 is 19.1 Å². The summed E-state index contributed by atoms with van der Waals surface area (Å²) in [6.45, 7) is 0.0797. The third-order valence-electron chi connectivity index (χ3n) is 4.68. The molecule has 1 aliphatic carbocycles. The lowest BCUT2D eigenvalue weighted by molar-refractivity contribution is -0.394. The van der Waals surface area contributed by atoms with Crippen molar-refractivity contribution in [2.75, 3.05) is 0 Å². The number of nitro benzene ring substituents is 2. The van der Waals surface area contributed by atoms with E-state index in [0.717, 1.165) is 18.9 Å². The van der Waals surface area contributed by atoms with Crippen molar-refractivity contribution in [3.8, 4) is 0 Å². The third-order valence-corrected chi connectivity index (χ3v) is 4.68. The van der Waals surface area contributed by atoms with Crippen molar-refractivity contribution in [3.05, 3.63) is 79.6 Å². The molecule has 2 aromatic carbocycles. The first-order valence-corrected chi connectivity index (χ1v) is 8.81. The van der Waals surface area contributed by atoms with Gasteiger partial charge in [-0.3, -0.25) is 20.2 Å². The zero-order valence-corrected chi connectivity index (χ0v) is 14.9. The average Bonchev–Trinajstić information content (AvgIpc) is 2.68. The number of hydrogen-bond donors (Lipinski definition) is 0. The fraction of sp³-hybridized carbons (Fsp3) is 0.316. The Kier molecular flexibility index (Phi) is 5.93. The summed E-state index contributed by atoms with van der Waals surface area (Å²) in [4.78, 5) is 26.5. The van der Waals surface area contributed by atoms with Crippen molar-refractivity contribution in [3.63, 3.8) is 0 Å². The van der Waals surface area contributed by atoms with E-state index in [0.29, 0.717) is 29.7 Å². The van der Waals surface area contributed by atoms with Gasteiger partial charge in [0.1, 0.15) is 12.4 Å². The molecule has 0 aliphatic heterocycles. The van der Waals surface area contributed by atoms with Crippen LogP contribution in [0, 0.1) is 26.0 Å². The molecule has 0 N–H and O–H groups in total. The Morgan fingerprint density at radius 2 is 1.93 bits per heavy atom. The van der Waals surface area contributed by atoms with Gasteiger partial charge in [-0.1, -0.05) is 23.7 Å². The van der Waals surface area contributed by atoms with E-state index in [1.165, 1.54) is 24.3 Å². The minimum Gasteiger partial charge on any atom is -0.391 e. The zero-order chi connectivity index (χ0) is 20.1. The van der Waals surface area contributed by atoms with E-state index >= 15 is 0 Å². The predicted octanol–water partition coefficient (Wildman–Crippen LogP) is 4.87. The molecule has 0 amide bonds. The van der Waals surface area contributed by atoms with Gasteiger partial charge < -0.3 is 4.84 Å². The molecule has 0 radical (unpaired) electrons. The van der Waals surface area contributed by atoms with E-state index in [2.05, 4.69) is 5.16 Å². The quantitative estimate of drug-likeness (QED) is 0.519. The number of non-ortho nitro benzene ring substituents is 1. The van der Waals surface area contributed by atoms with Gasteiger partial charge in [0.2, 0.25) is 0 Å². The Hall–Kier alpha value is -3.36. The molecule has 1 fully saturated rings. The number of halogens is 1. The minimum atomic E-state index is -0.658. The topological polar surface area (TPSA) is 108 Å². The van der Waals surface area contributed by atoms with Gasteiger partial charge in [0, 0.05) is 17.5 Å². The highest BCUT2D eigenvalue weighted by molar-refractivity contribution is 5.92. The highest BCUT2D eigenvalue weighted by Gasteiger charge is 2.30. The Morgan fingerprint density at radius 3 is 2.64 bits per heavy atom. The van der Waals surface area contributed by atoms with Gasteiger partial charge in [-0.2, -0.15) is 0 Å². The maximum Gasteiger partial charge on any atom is 0.280 e. The van der Waals surface area contributed by atoms with Crippen LogP contribution in [0.1, 0.15) is 42.7 Å². The molecule has 146 valence electrons. The predicted molar refractivity (Wildman–Crippen MR) is 99.6 cm³/mol. The normalized spacial score (nSPS) is 18.0. The molecule has 0 heterocycles. The van der Waals surface area contributed by atoms with Gasteiger partial charge in [-0.25, -0.2) is 4.39 Å². The van der Waals surface area contributed by atoms with Gasteiger partial charge in [0.25, 0.3) is 11.4 Å². The molecular formula is C19H18FN3O5. The Balaban J connectivity index is 1.84. The lowest BCUT2D eigenvalue weighted by atomic mass is 9.81. The summed E-state index contributed by atoms with van der Waals surface area (Å²) in [6, 6.07) is 9.64. The van der Waals surface area contributed by atoms with Crippen LogP contribution in [-0.4, -0.2) is 15.6 Å². The fourth-order valence-electron chi connectivity index (χ4n) is 3.35. The summed E-state index contributed by atoms with van der Waals surface area (Å²) >= 11 is 0. The number of rotatable bonds is 6. The molecular weight excluding hydrogens is 369 g/mol. The molecule has 1 aliphatic rings. The van der Waals surface area contributed by atoms with Crippen LogP contribution in [0.25, 0.3) is 0 Å². The lowest BCUT2D eigenvalue weighted by Gasteiger charge is -2.23. The maximum atomic E-state index is 13.2. The first-order valence-electron chi connectivity index (χ1n) is 8.81. The van der Waals surface area contributed by atoms with Crippen LogP contribution in [0.3, 0.4) is 0 Å². The van der Waals surface area contributed by atoms with Crippen LogP contribution >= 0.6 is 0 Å². The molecule has 0 aromatic heterocycles. The van der Waals surface area contributed by atoms with Crippen LogP contribution in [0.4, 0.5) is 15.8 Å². The number of oxime groups is 1. The monoisotopic (exact) mass is 387 g/mol. The van der Waals surface area contributed by atoms with E-state index in [-0.39, 0.29) is 29.7 Å². The first kappa shape index (κ1) is 19.4. The largest absolute Gasteiger partial charge is 0.391 e. The highest BCUT2D eigenvalue weighted by Crippen LogP contribution is 2.37. The summed E-state index contributed by atoms with van der Waals surface area (Å²) in [5.74, 6) is -0.715. The minimum absolute atomic E-state index is 0.0797. The Morgan fingerprint density at radius 1 is 1.11 bits per heavy atom. The molecule has 0 saturated heterocycles. The van der Waals surface area contributed by atoms with Gasteiger partial charge >= 0.3 is 0 Å². The van der Waals surface area contributed by atoms with Crippen molar-refractivity contribution in [2.24, 2.45) is 5.16 Å². The number of nitrogens with zero attached hydrogens (tertiary/aromatic N) is 3. The molecule has 1 unspecified atom stereocenters. The molecule has 0 bridgehead atoms. The second-order valence-corrected chi connectivity index (χ2v) is 6.54. The fourth-order valence-corrected chi connectivity index (χ4v) is 3.35. The van der Waals surface area contributed by atoms with Crippen LogP contribution < -0.4 is 0 Å². The summed E-state index contributed by atoms with van der Waals surface area (Å²) in [5, 5.41) is 26.6. The highest BCUT2D eigenvalue weighted by atomic mass is 19.1. The molecule has 9 heteroatoms. The summed E-state index contributed by atoms with van der Waals surface area (Å²) in [6.07, 6.45) is 2.99. The van der Waals surface area contributed by atoms with E-state index in [1.54, 1.807) is 12.1 Å². The molecule has 1 saturated carbocycles. The summed E-state index contributed by atoms with van der Waals surface area (Å²) in [5.41, 5.74) is 1.05. The Labute approximate surface area is 159 Å². The smallest absolute Gasteiger partial charge is 0.280 e.